The molecule has 0 N–H and O–H groups in total. The van der Waals surface area contributed by atoms with Gasteiger partial charge in [-0.05, 0) is 17.9 Å². The van der Waals surface area contributed by atoms with Crippen molar-refractivity contribution in [3.8, 4) is 0 Å². The van der Waals surface area contributed by atoms with Gasteiger partial charge in [0.05, 0.1) is 7.11 Å². The molecule has 0 saturated heterocycles. The summed E-state index contributed by atoms with van der Waals surface area (Å²) in [6.07, 6.45) is 0. The van der Waals surface area contributed by atoms with Crippen molar-refractivity contribution in [1.29, 1.82) is 0 Å². The molecule has 0 amide bonds. The number of hydrogen-bond acceptors (Lipinski definition) is 2. The van der Waals surface area contributed by atoms with Gasteiger partial charge in [-0.1, -0.05) is 6.58 Å². The molecule has 0 aromatic rings. The van der Waals surface area contributed by atoms with Crippen molar-refractivity contribution in [2.24, 2.45) is 0 Å². The fraction of sp³-hybridized carbons (Fsp3) is 0.286. The molecule has 3 heteroatoms. The third-order valence-corrected chi connectivity index (χ3v) is 0.534. The van der Waals surface area contributed by atoms with Crippen LogP contribution in [0.3, 0.4) is 0 Å². The molecule has 0 aliphatic rings. The standard InChI is InChI=1S/C5H8O2.C2H4.H4Si/c1-4(2)5(6)7-3;1-2;/h1H2,2-3H3;1-2H2;1H4. The van der Waals surface area contributed by atoms with E-state index in [-0.39, 0.29) is 16.9 Å². The first-order valence-corrected chi connectivity index (χ1v) is 2.42. The summed E-state index contributed by atoms with van der Waals surface area (Å²) < 4.78 is 4.27. The summed E-state index contributed by atoms with van der Waals surface area (Å²) in [6.45, 7) is 11.0. The summed E-state index contributed by atoms with van der Waals surface area (Å²) in [7, 11) is 1.33. The first-order valence-electron chi connectivity index (χ1n) is 2.42. The minimum Gasteiger partial charge on any atom is -0.466 e. The van der Waals surface area contributed by atoms with Gasteiger partial charge in [0.1, 0.15) is 0 Å². The van der Waals surface area contributed by atoms with E-state index in [0.717, 1.165) is 0 Å². The average Bonchev–Trinajstić information content (AvgIpc) is 1.91. The molecular formula is C7H16O2Si. The highest BCUT2D eigenvalue weighted by atomic mass is 28.1. The van der Waals surface area contributed by atoms with E-state index in [1.807, 2.05) is 0 Å². The molecule has 60 valence electrons. The first kappa shape index (κ1) is 16.1. The fourth-order valence-electron chi connectivity index (χ4n) is 0.174. The van der Waals surface area contributed by atoms with Crippen LogP contribution in [0, 0.1) is 0 Å². The monoisotopic (exact) mass is 160 g/mol. The highest BCUT2D eigenvalue weighted by Gasteiger charge is 1.95. The van der Waals surface area contributed by atoms with Crippen molar-refractivity contribution in [3.63, 3.8) is 0 Å². The molecule has 2 nitrogen and oxygen atoms in total. The minimum absolute atomic E-state index is 0. The lowest BCUT2D eigenvalue weighted by molar-refractivity contribution is -0.136. The zero-order valence-corrected chi connectivity index (χ0v) is 5.94. The van der Waals surface area contributed by atoms with Gasteiger partial charge in [-0.15, -0.1) is 13.2 Å². The van der Waals surface area contributed by atoms with Gasteiger partial charge in [-0.25, -0.2) is 4.79 Å². The molecule has 0 aromatic carbocycles. The highest BCUT2D eigenvalue weighted by Crippen LogP contribution is 1.87. The van der Waals surface area contributed by atoms with Crippen molar-refractivity contribution in [2.45, 2.75) is 6.92 Å². The van der Waals surface area contributed by atoms with Gasteiger partial charge in [-0.3, -0.25) is 0 Å². The Kier molecular flexibility index (Phi) is 17.7. The van der Waals surface area contributed by atoms with E-state index >= 15 is 0 Å². The predicted octanol–water partition coefficient (Wildman–Crippen LogP) is 0.0861. The fourth-order valence-corrected chi connectivity index (χ4v) is 0.174. The van der Waals surface area contributed by atoms with Gasteiger partial charge in [0.2, 0.25) is 0 Å². The zero-order chi connectivity index (χ0) is 7.86. The number of hydrogen-bond donors (Lipinski definition) is 0. The van der Waals surface area contributed by atoms with Crippen molar-refractivity contribution in [3.05, 3.63) is 25.3 Å². The van der Waals surface area contributed by atoms with Crippen LogP contribution < -0.4 is 0 Å². The van der Waals surface area contributed by atoms with Crippen molar-refractivity contribution < 1.29 is 9.53 Å². The molecule has 0 saturated carbocycles. The van der Waals surface area contributed by atoms with E-state index in [1.165, 1.54) is 7.11 Å². The van der Waals surface area contributed by atoms with Crippen LogP contribution in [0.2, 0.25) is 0 Å². The minimum atomic E-state index is -0.347. The topological polar surface area (TPSA) is 26.3 Å². The number of esters is 1. The van der Waals surface area contributed by atoms with Crippen LogP contribution in [0.1, 0.15) is 6.92 Å². The van der Waals surface area contributed by atoms with Crippen LogP contribution in [-0.2, 0) is 9.53 Å². The van der Waals surface area contributed by atoms with Crippen LogP contribution in [0.5, 0.6) is 0 Å². The summed E-state index contributed by atoms with van der Waals surface area (Å²) in [5.41, 5.74) is 0.433. The molecule has 0 unspecified atom stereocenters. The molecule has 0 spiro atoms. The lowest BCUT2D eigenvalue weighted by Crippen LogP contribution is -1.98. The number of carbonyl (C=O) groups is 1. The third kappa shape index (κ3) is 10.2. The van der Waals surface area contributed by atoms with E-state index in [0.29, 0.717) is 5.57 Å². The highest BCUT2D eigenvalue weighted by molar-refractivity contribution is 5.86. The van der Waals surface area contributed by atoms with E-state index in [9.17, 15) is 4.79 Å². The molecule has 0 bridgehead atoms. The van der Waals surface area contributed by atoms with Crippen LogP contribution >= 0.6 is 0 Å². The average molecular weight is 160 g/mol. The maximum atomic E-state index is 10.2. The largest absolute Gasteiger partial charge is 0.466 e. The van der Waals surface area contributed by atoms with Crippen LogP contribution in [0.25, 0.3) is 0 Å². The van der Waals surface area contributed by atoms with Gasteiger partial charge >= 0.3 is 5.97 Å². The Hall–Kier alpha value is -0.833. The lowest BCUT2D eigenvalue weighted by atomic mass is 10.4. The molecule has 0 aromatic heterocycles. The lowest BCUT2D eigenvalue weighted by Gasteiger charge is -1.91. The van der Waals surface area contributed by atoms with Crippen molar-refractivity contribution >= 4 is 16.9 Å². The van der Waals surface area contributed by atoms with Crippen LogP contribution in [-0.4, -0.2) is 24.0 Å². The van der Waals surface area contributed by atoms with Crippen molar-refractivity contribution in [2.75, 3.05) is 7.11 Å². The zero-order valence-electron chi connectivity index (χ0n) is 5.94. The SMILES string of the molecule is C=C.C=C(C)C(=O)OC.[SiH4]. The summed E-state index contributed by atoms with van der Waals surface area (Å²) in [5.74, 6) is -0.347. The van der Waals surface area contributed by atoms with Gasteiger partial charge in [-0.2, -0.15) is 0 Å². The summed E-state index contributed by atoms with van der Waals surface area (Å²) in [6, 6.07) is 0. The molecule has 0 heterocycles. The Labute approximate surface area is 66.6 Å². The van der Waals surface area contributed by atoms with Crippen LogP contribution in [0.15, 0.2) is 25.3 Å². The molecule has 0 radical (unpaired) electrons. The summed E-state index contributed by atoms with van der Waals surface area (Å²) in [5, 5.41) is 0. The third-order valence-electron chi connectivity index (χ3n) is 0.534. The normalized spacial score (nSPS) is 5.80. The summed E-state index contributed by atoms with van der Waals surface area (Å²) in [4.78, 5) is 10.2. The Balaban J connectivity index is -0.000000149. The Morgan fingerprint density at radius 3 is 1.70 bits per heavy atom. The van der Waals surface area contributed by atoms with Crippen molar-refractivity contribution in [1.82, 2.24) is 0 Å². The number of carbonyl (C=O) groups excluding carboxylic acids is 1. The first-order chi connectivity index (χ1) is 4.18. The second-order valence-corrected chi connectivity index (χ2v) is 1.27. The number of ether oxygens (including phenoxy) is 1. The van der Waals surface area contributed by atoms with Gasteiger partial charge < -0.3 is 4.74 Å². The molecule has 0 fully saturated rings. The Bertz CT molecular complexity index is 110. The second kappa shape index (κ2) is 11.0. The molecule has 0 aliphatic carbocycles. The maximum absolute atomic E-state index is 10.2. The second-order valence-electron chi connectivity index (χ2n) is 1.27. The summed E-state index contributed by atoms with van der Waals surface area (Å²) >= 11 is 0. The quantitative estimate of drug-likeness (QED) is 0.235. The van der Waals surface area contributed by atoms with Gasteiger partial charge in [0.25, 0.3) is 0 Å². The van der Waals surface area contributed by atoms with Crippen LogP contribution in [0.4, 0.5) is 0 Å². The maximum Gasteiger partial charge on any atom is 0.332 e. The number of methoxy groups -OCH3 is 1. The van der Waals surface area contributed by atoms with E-state index < -0.39 is 0 Å². The molecule has 10 heavy (non-hydrogen) atoms. The smallest absolute Gasteiger partial charge is 0.332 e. The van der Waals surface area contributed by atoms with Gasteiger partial charge in [0, 0.05) is 5.57 Å². The Morgan fingerprint density at radius 1 is 1.40 bits per heavy atom. The van der Waals surface area contributed by atoms with Gasteiger partial charge in [0.15, 0.2) is 0 Å². The van der Waals surface area contributed by atoms with E-state index in [4.69, 9.17) is 0 Å². The molecule has 0 rings (SSSR count). The Morgan fingerprint density at radius 2 is 1.70 bits per heavy atom. The molecular weight excluding hydrogens is 144 g/mol. The van der Waals surface area contributed by atoms with E-state index in [1.54, 1.807) is 6.92 Å². The predicted molar refractivity (Wildman–Crippen MR) is 49.4 cm³/mol. The molecule has 0 atom stereocenters. The van der Waals surface area contributed by atoms with E-state index in [2.05, 4.69) is 24.5 Å². The molecule has 0 aliphatic heterocycles. The number of rotatable bonds is 1.